The van der Waals surface area contributed by atoms with Crippen molar-refractivity contribution in [1.29, 1.82) is 0 Å². The van der Waals surface area contributed by atoms with Crippen LogP contribution in [0.2, 0.25) is 0 Å². The molecule has 1 amide bonds. The van der Waals surface area contributed by atoms with E-state index >= 15 is 0 Å². The van der Waals surface area contributed by atoms with Crippen molar-refractivity contribution < 1.29 is 19.8 Å². The molecule has 0 radical (unpaired) electrons. The number of anilines is 1. The molecule has 6 heteroatoms. The minimum absolute atomic E-state index is 0.153. The number of nitrogens with zero attached hydrogens (tertiary/aromatic N) is 1. The number of unbranched alkanes of at least 4 members (excludes halogenated alkanes) is 2. The number of aliphatic hydroxyl groups is 1. The van der Waals surface area contributed by atoms with Crippen LogP contribution in [-0.4, -0.2) is 28.1 Å². The summed E-state index contributed by atoms with van der Waals surface area (Å²) in [7, 11) is 0. The van der Waals surface area contributed by atoms with E-state index in [9.17, 15) is 14.7 Å². The number of carbonyl (C=O) groups excluding carboxylic acids is 1. The van der Waals surface area contributed by atoms with Gasteiger partial charge in [-0.3, -0.25) is 4.79 Å². The second kappa shape index (κ2) is 10.7. The van der Waals surface area contributed by atoms with E-state index in [1.54, 1.807) is 6.07 Å². The molecule has 1 fully saturated rings. The molecule has 1 aromatic heterocycles. The molecule has 2 atom stereocenters. The van der Waals surface area contributed by atoms with Gasteiger partial charge in [0.05, 0.1) is 6.10 Å². The summed E-state index contributed by atoms with van der Waals surface area (Å²) >= 11 is 1.33. The number of hydrogen-bond acceptors (Lipinski definition) is 4. The highest BCUT2D eigenvalue weighted by Gasteiger charge is 2.31. The first-order chi connectivity index (χ1) is 14.5. The Morgan fingerprint density at radius 1 is 1.17 bits per heavy atom. The SMILES string of the molecule is CCCCC[C@H](O)c1ccc(N2C(=O)CCC2CCCc2ccc(C(=O)O)s2)cc1. The molecule has 0 bridgehead atoms. The topological polar surface area (TPSA) is 77.8 Å². The molecular weight excluding hydrogens is 398 g/mol. The fourth-order valence-corrected chi connectivity index (χ4v) is 5.01. The number of carboxylic acids is 1. The second-order valence-corrected chi connectivity index (χ2v) is 9.19. The number of carbonyl (C=O) groups is 2. The number of hydrogen-bond donors (Lipinski definition) is 2. The Morgan fingerprint density at radius 2 is 1.93 bits per heavy atom. The minimum Gasteiger partial charge on any atom is -0.477 e. The molecular formula is C24H31NO4S. The first kappa shape index (κ1) is 22.5. The summed E-state index contributed by atoms with van der Waals surface area (Å²) < 4.78 is 0. The molecule has 5 nitrogen and oxygen atoms in total. The van der Waals surface area contributed by atoms with Crippen LogP contribution in [0.25, 0.3) is 0 Å². The first-order valence-electron chi connectivity index (χ1n) is 10.9. The third-order valence-corrected chi connectivity index (χ3v) is 6.93. The fourth-order valence-electron chi connectivity index (χ4n) is 4.12. The Bertz CT molecular complexity index is 845. The number of aromatic carboxylic acids is 1. The molecule has 1 aromatic carbocycles. The number of carboxylic acid groups (broad SMARTS) is 1. The van der Waals surface area contributed by atoms with Gasteiger partial charge in [-0.25, -0.2) is 4.79 Å². The average Bonchev–Trinajstić information content (AvgIpc) is 3.35. The summed E-state index contributed by atoms with van der Waals surface area (Å²) in [6.45, 7) is 2.15. The van der Waals surface area contributed by atoms with Gasteiger partial charge in [0.2, 0.25) is 5.91 Å². The summed E-state index contributed by atoms with van der Waals surface area (Å²) in [5.74, 6) is -0.724. The van der Waals surface area contributed by atoms with Crippen molar-refractivity contribution in [3.05, 3.63) is 51.7 Å². The van der Waals surface area contributed by atoms with E-state index in [4.69, 9.17) is 5.11 Å². The standard InChI is InChI=1S/C24H31NO4S/c1-2-3-4-8-21(26)17-9-11-19(12-10-17)25-18(13-16-23(25)27)6-5-7-20-14-15-22(30-20)24(28)29/h9-12,14-15,18,21,26H,2-8,13,16H2,1H3,(H,28,29)/t18?,21-/m0/s1. The molecule has 2 N–H and O–H groups in total. The third-order valence-electron chi connectivity index (χ3n) is 5.80. The van der Waals surface area contributed by atoms with Crippen molar-refractivity contribution in [2.24, 2.45) is 0 Å². The van der Waals surface area contributed by atoms with Crippen LogP contribution in [0, 0.1) is 0 Å². The van der Waals surface area contributed by atoms with Crippen molar-refractivity contribution in [3.63, 3.8) is 0 Å². The lowest BCUT2D eigenvalue weighted by molar-refractivity contribution is -0.117. The van der Waals surface area contributed by atoms with Crippen LogP contribution in [0.5, 0.6) is 0 Å². The number of thiophene rings is 1. The zero-order chi connectivity index (χ0) is 21.5. The predicted molar refractivity (Wildman–Crippen MR) is 120 cm³/mol. The lowest BCUT2D eigenvalue weighted by atomic mass is 10.0. The van der Waals surface area contributed by atoms with E-state index in [-0.39, 0.29) is 11.9 Å². The molecule has 2 heterocycles. The van der Waals surface area contributed by atoms with Crippen LogP contribution < -0.4 is 4.90 Å². The molecule has 1 aliphatic heterocycles. The molecule has 1 unspecified atom stereocenters. The van der Waals surface area contributed by atoms with Crippen LogP contribution in [0.4, 0.5) is 5.69 Å². The van der Waals surface area contributed by atoms with E-state index in [1.807, 2.05) is 35.2 Å². The summed E-state index contributed by atoms with van der Waals surface area (Å²) in [5.41, 5.74) is 1.81. The van der Waals surface area contributed by atoms with E-state index in [0.717, 1.165) is 67.5 Å². The van der Waals surface area contributed by atoms with Crippen LogP contribution in [0.3, 0.4) is 0 Å². The fraction of sp³-hybridized carbons (Fsp3) is 0.500. The molecule has 0 aliphatic carbocycles. The second-order valence-electron chi connectivity index (χ2n) is 8.02. The molecule has 162 valence electrons. The Labute approximate surface area is 182 Å². The normalized spacial score (nSPS) is 17.5. The van der Waals surface area contributed by atoms with Gasteiger partial charge in [-0.2, -0.15) is 0 Å². The third kappa shape index (κ3) is 5.70. The van der Waals surface area contributed by atoms with Crippen molar-refractivity contribution in [2.45, 2.75) is 76.9 Å². The summed E-state index contributed by atoms with van der Waals surface area (Å²) in [5, 5.41) is 19.4. The van der Waals surface area contributed by atoms with Crippen molar-refractivity contribution in [2.75, 3.05) is 4.90 Å². The minimum atomic E-state index is -0.877. The van der Waals surface area contributed by atoms with E-state index in [1.165, 1.54) is 11.3 Å². The molecule has 1 saturated heterocycles. The molecule has 3 rings (SSSR count). The number of rotatable bonds is 11. The van der Waals surface area contributed by atoms with Gasteiger partial charge in [0.15, 0.2) is 0 Å². The molecule has 1 aliphatic rings. The Hall–Kier alpha value is -2.18. The van der Waals surface area contributed by atoms with Gasteiger partial charge in [0, 0.05) is 23.0 Å². The van der Waals surface area contributed by atoms with Crippen molar-refractivity contribution >= 4 is 28.9 Å². The Kier molecular flexibility index (Phi) is 8.05. The number of aryl methyl sites for hydroxylation is 1. The van der Waals surface area contributed by atoms with Crippen LogP contribution in [-0.2, 0) is 11.2 Å². The summed E-state index contributed by atoms with van der Waals surface area (Å²) in [6.07, 6.45) is 7.67. The zero-order valence-electron chi connectivity index (χ0n) is 17.5. The number of amides is 1. The highest BCUT2D eigenvalue weighted by molar-refractivity contribution is 7.13. The van der Waals surface area contributed by atoms with Gasteiger partial charge in [-0.05, 0) is 61.9 Å². The largest absolute Gasteiger partial charge is 0.477 e. The molecule has 2 aromatic rings. The van der Waals surface area contributed by atoms with Gasteiger partial charge >= 0.3 is 5.97 Å². The van der Waals surface area contributed by atoms with E-state index in [2.05, 4.69) is 6.92 Å². The maximum Gasteiger partial charge on any atom is 0.345 e. The van der Waals surface area contributed by atoms with Gasteiger partial charge in [-0.15, -0.1) is 11.3 Å². The quantitative estimate of drug-likeness (QED) is 0.457. The summed E-state index contributed by atoms with van der Waals surface area (Å²) in [6, 6.07) is 11.5. The summed E-state index contributed by atoms with van der Waals surface area (Å²) in [4.78, 5) is 26.9. The maximum atomic E-state index is 12.5. The van der Waals surface area contributed by atoms with Crippen molar-refractivity contribution in [3.8, 4) is 0 Å². The zero-order valence-corrected chi connectivity index (χ0v) is 18.4. The van der Waals surface area contributed by atoms with E-state index < -0.39 is 12.1 Å². The highest BCUT2D eigenvalue weighted by Crippen LogP contribution is 2.31. The Balaban J connectivity index is 1.56. The van der Waals surface area contributed by atoms with Crippen molar-refractivity contribution in [1.82, 2.24) is 0 Å². The average molecular weight is 430 g/mol. The smallest absolute Gasteiger partial charge is 0.345 e. The van der Waals surface area contributed by atoms with Crippen LogP contribution >= 0.6 is 11.3 Å². The van der Waals surface area contributed by atoms with Crippen LogP contribution in [0.1, 0.15) is 84.5 Å². The number of aliphatic hydroxyl groups excluding tert-OH is 1. The highest BCUT2D eigenvalue weighted by atomic mass is 32.1. The lowest BCUT2D eigenvalue weighted by Crippen LogP contribution is -2.32. The predicted octanol–water partition coefficient (Wildman–Crippen LogP) is 5.58. The molecule has 30 heavy (non-hydrogen) atoms. The number of benzene rings is 1. The van der Waals surface area contributed by atoms with Gasteiger partial charge in [0.25, 0.3) is 0 Å². The van der Waals surface area contributed by atoms with Crippen LogP contribution in [0.15, 0.2) is 36.4 Å². The Morgan fingerprint density at radius 3 is 2.60 bits per heavy atom. The maximum absolute atomic E-state index is 12.5. The molecule has 0 saturated carbocycles. The van der Waals surface area contributed by atoms with Gasteiger partial charge in [-0.1, -0.05) is 38.3 Å². The van der Waals surface area contributed by atoms with E-state index in [0.29, 0.717) is 11.3 Å². The lowest BCUT2D eigenvalue weighted by Gasteiger charge is -2.25. The van der Waals surface area contributed by atoms with Gasteiger partial charge in [0.1, 0.15) is 4.88 Å². The van der Waals surface area contributed by atoms with Gasteiger partial charge < -0.3 is 15.1 Å². The first-order valence-corrected chi connectivity index (χ1v) is 11.7. The molecule has 0 spiro atoms. The monoisotopic (exact) mass is 429 g/mol.